The highest BCUT2D eigenvalue weighted by Gasteiger charge is 2.29. The van der Waals surface area contributed by atoms with Crippen molar-refractivity contribution in [3.05, 3.63) is 229 Å². The third kappa shape index (κ3) is 6.87. The number of hydrogen-bond donors (Lipinski definition) is 0. The van der Waals surface area contributed by atoms with Gasteiger partial charge in [0.05, 0.1) is 52.9 Å². The number of anilines is 12. The Balaban J connectivity index is 1.16. The van der Waals surface area contributed by atoms with E-state index in [1.54, 1.807) is 9.80 Å². The summed E-state index contributed by atoms with van der Waals surface area (Å²) in [5, 5.41) is 0.385. The van der Waals surface area contributed by atoms with Gasteiger partial charge in [-0.1, -0.05) is 132 Å². The van der Waals surface area contributed by atoms with Crippen LogP contribution in [0.3, 0.4) is 0 Å². The van der Waals surface area contributed by atoms with Crippen molar-refractivity contribution in [1.29, 1.82) is 0 Å². The SMILES string of the molecule is [2H]c1c([2H])c([2H])c(N2c3cccc(c3)N(c3cc(C)cc(N4c5cccc(c5)N(c5c([2H])c([2H])c([2H])c([2H])c5[2H])c5ccccc5Sc5ccccc54)c3Cl)c3ccccc3Sc3ccccc32)c([2H])c1[2H]. The van der Waals surface area contributed by atoms with Gasteiger partial charge in [-0.05, 0) is 134 Å². The van der Waals surface area contributed by atoms with Gasteiger partial charge in [0.15, 0.2) is 0 Å². The Kier molecular flexibility index (Phi) is 7.49. The van der Waals surface area contributed by atoms with E-state index >= 15 is 0 Å². The van der Waals surface area contributed by atoms with Crippen LogP contribution in [0.2, 0.25) is 5.02 Å². The van der Waals surface area contributed by atoms with Crippen LogP contribution in [0.1, 0.15) is 19.3 Å². The monoisotopic (exact) mass is 864 g/mol. The number of para-hydroxylation sites is 6. The van der Waals surface area contributed by atoms with Crippen molar-refractivity contribution in [3.63, 3.8) is 0 Å². The van der Waals surface area contributed by atoms with Crippen LogP contribution >= 0.6 is 35.1 Å². The molecule has 0 saturated heterocycles. The molecule has 9 aromatic rings. The van der Waals surface area contributed by atoms with Crippen LogP contribution < -0.4 is 19.6 Å². The summed E-state index contributed by atoms with van der Waals surface area (Å²) < 4.78 is 88.1. The lowest BCUT2D eigenvalue weighted by Gasteiger charge is -2.35. The molecule has 0 radical (unpaired) electrons. The molecule has 0 N–H and O–H groups in total. The number of halogens is 1. The average Bonchev–Trinajstić information content (AvgIpc) is 3.39. The van der Waals surface area contributed by atoms with Gasteiger partial charge < -0.3 is 19.6 Å². The molecule has 2 heterocycles. The van der Waals surface area contributed by atoms with Crippen molar-refractivity contribution >= 4 is 103 Å². The summed E-state index contributed by atoms with van der Waals surface area (Å²) in [6, 6.07) is 46.5. The lowest BCUT2D eigenvalue weighted by molar-refractivity contribution is 1.17. The first-order valence-corrected chi connectivity index (χ1v) is 21.8. The Bertz CT molecular complexity index is 3420. The molecule has 0 saturated carbocycles. The van der Waals surface area contributed by atoms with E-state index in [0.29, 0.717) is 50.5 Å². The Hall–Kier alpha value is -6.83. The van der Waals surface area contributed by atoms with E-state index in [0.717, 1.165) is 36.5 Å². The lowest BCUT2D eigenvalue weighted by Crippen LogP contribution is -2.18. The van der Waals surface area contributed by atoms with Crippen molar-refractivity contribution in [3.8, 4) is 0 Å². The van der Waals surface area contributed by atoms with E-state index in [-0.39, 0.29) is 35.5 Å². The highest BCUT2D eigenvalue weighted by atomic mass is 35.5. The Morgan fingerprint density at radius 1 is 0.355 bits per heavy atom. The quantitative estimate of drug-likeness (QED) is 0.174. The largest absolute Gasteiger partial charge is 0.309 e. The molecule has 0 fully saturated rings. The van der Waals surface area contributed by atoms with Crippen LogP contribution in [0.15, 0.2) is 238 Å². The summed E-state index contributed by atoms with van der Waals surface area (Å²) in [4.78, 5) is 10.9. The zero-order valence-electron chi connectivity index (χ0n) is 43.0. The van der Waals surface area contributed by atoms with Crippen LogP contribution in [0.5, 0.6) is 0 Å². The van der Waals surface area contributed by atoms with Crippen LogP contribution in [-0.4, -0.2) is 0 Å². The molecular formula is C55H39ClN4S2. The molecule has 0 spiro atoms. The van der Waals surface area contributed by atoms with Gasteiger partial charge in [-0.25, -0.2) is 0 Å². The normalized spacial score (nSPS) is 15.3. The summed E-state index contributed by atoms with van der Waals surface area (Å²) in [7, 11) is 0. The van der Waals surface area contributed by atoms with Crippen molar-refractivity contribution in [2.45, 2.75) is 26.5 Å². The fourth-order valence-electron chi connectivity index (χ4n) is 8.05. The Labute approximate surface area is 390 Å². The minimum absolute atomic E-state index is 0.0119. The number of aryl methyl sites for hydroxylation is 1. The molecule has 2 aliphatic rings. The van der Waals surface area contributed by atoms with Crippen molar-refractivity contribution in [2.24, 2.45) is 0 Å². The number of rotatable bonds is 4. The molecule has 4 nitrogen and oxygen atoms in total. The molecule has 0 aliphatic carbocycles. The van der Waals surface area contributed by atoms with Crippen molar-refractivity contribution in [2.75, 3.05) is 19.6 Å². The number of fused-ring (bicyclic) bond motifs is 8. The molecule has 11 rings (SSSR count). The molecule has 0 aromatic heterocycles. The van der Waals surface area contributed by atoms with E-state index < -0.39 is 36.3 Å². The predicted octanol–water partition coefficient (Wildman–Crippen LogP) is 17.5. The van der Waals surface area contributed by atoms with Gasteiger partial charge in [0.2, 0.25) is 0 Å². The van der Waals surface area contributed by atoms with Crippen LogP contribution in [0.25, 0.3) is 0 Å². The first-order chi connectivity index (χ1) is 34.7. The van der Waals surface area contributed by atoms with Crippen LogP contribution in [0, 0.1) is 6.92 Å². The van der Waals surface area contributed by atoms with E-state index in [1.807, 2.05) is 165 Å². The summed E-state index contributed by atoms with van der Waals surface area (Å²) in [5.74, 6) is 0. The lowest BCUT2D eigenvalue weighted by atomic mass is 10.1. The molecule has 2 aliphatic heterocycles. The first kappa shape index (κ1) is 28.7. The van der Waals surface area contributed by atoms with Gasteiger partial charge in [-0.3, -0.25) is 0 Å². The zero-order chi connectivity index (χ0) is 50.3. The minimum Gasteiger partial charge on any atom is -0.309 e. The zero-order valence-corrected chi connectivity index (χ0v) is 35.4. The molecule has 0 atom stereocenters. The Morgan fingerprint density at radius 3 is 1.05 bits per heavy atom. The topological polar surface area (TPSA) is 13.0 Å². The predicted molar refractivity (Wildman–Crippen MR) is 263 cm³/mol. The molecule has 298 valence electrons. The third-order valence-corrected chi connectivity index (χ3v) is 13.3. The Morgan fingerprint density at radius 2 is 0.677 bits per heavy atom. The number of hydrogen-bond acceptors (Lipinski definition) is 6. The smallest absolute Gasteiger partial charge is 0.0887 e. The second kappa shape index (κ2) is 16.2. The summed E-state index contributed by atoms with van der Waals surface area (Å²) in [6.45, 7) is 2.01. The maximum atomic E-state index is 9.15. The van der Waals surface area contributed by atoms with Crippen molar-refractivity contribution < 1.29 is 13.7 Å². The highest BCUT2D eigenvalue weighted by molar-refractivity contribution is 8.00. The molecule has 7 heteroatoms. The first-order valence-electron chi connectivity index (χ1n) is 24.8. The molecule has 62 heavy (non-hydrogen) atoms. The summed E-state index contributed by atoms with van der Waals surface area (Å²) >= 11 is 11.0. The van der Waals surface area contributed by atoms with E-state index in [2.05, 4.69) is 9.80 Å². The third-order valence-electron chi connectivity index (χ3n) is 10.6. The van der Waals surface area contributed by atoms with Crippen LogP contribution in [0.4, 0.5) is 68.2 Å². The molecule has 9 aromatic carbocycles. The maximum Gasteiger partial charge on any atom is 0.0887 e. The van der Waals surface area contributed by atoms with Gasteiger partial charge in [-0.2, -0.15) is 0 Å². The minimum atomic E-state index is -0.480. The fraction of sp³-hybridized carbons (Fsp3) is 0.0182. The second-order valence-electron chi connectivity index (χ2n) is 14.5. The van der Waals surface area contributed by atoms with Crippen molar-refractivity contribution in [1.82, 2.24) is 0 Å². The second-order valence-corrected chi connectivity index (χ2v) is 17.1. The fourth-order valence-corrected chi connectivity index (χ4v) is 10.4. The molecular weight excluding hydrogens is 816 g/mol. The average molecular weight is 866 g/mol. The van der Waals surface area contributed by atoms with E-state index in [9.17, 15) is 0 Å². The van der Waals surface area contributed by atoms with E-state index in [1.165, 1.54) is 23.5 Å². The molecule has 4 bridgehead atoms. The number of benzene rings is 9. The standard InChI is InChI=1S/C55H39ClN4S2/c1-38-34-49(59-43-24-16-22-41(36-43)57(39-18-4-2-5-19-39)45-26-8-12-30-51(45)61-53-32-14-10-28-47(53)59)55(56)50(35-38)60-44-25-17-23-42(37-44)58(40-20-6-3-7-21-40)46-27-9-13-31-52(46)62-54-33-15-11-29-48(54)60/h2-37H,1H3/i2D,3D,4D,5D,6D,7D,18D,19D,20D,21D. The van der Waals surface area contributed by atoms with Gasteiger partial charge in [0.25, 0.3) is 0 Å². The molecule has 0 unspecified atom stereocenters. The van der Waals surface area contributed by atoms with Gasteiger partial charge >= 0.3 is 0 Å². The van der Waals surface area contributed by atoms with Crippen LogP contribution in [-0.2, 0) is 0 Å². The van der Waals surface area contributed by atoms with Gasteiger partial charge in [0, 0.05) is 53.7 Å². The number of nitrogens with zero attached hydrogens (tertiary/aromatic N) is 4. The maximum absolute atomic E-state index is 9.15. The summed E-state index contributed by atoms with van der Waals surface area (Å²) in [5.41, 5.74) is 7.51. The van der Waals surface area contributed by atoms with Gasteiger partial charge in [0.1, 0.15) is 0 Å². The molecule has 0 amide bonds. The highest BCUT2D eigenvalue weighted by Crippen LogP contribution is 2.55. The van der Waals surface area contributed by atoms with E-state index in [4.69, 9.17) is 25.3 Å². The summed E-state index contributed by atoms with van der Waals surface area (Å²) in [6.07, 6.45) is 0. The van der Waals surface area contributed by atoms with Gasteiger partial charge in [-0.15, -0.1) is 0 Å².